The molecule has 0 aromatic carbocycles. The summed E-state index contributed by atoms with van der Waals surface area (Å²) in [5.41, 5.74) is 0. The van der Waals surface area contributed by atoms with E-state index in [-0.39, 0.29) is 30.4 Å². The van der Waals surface area contributed by atoms with E-state index in [1.54, 1.807) is 8.50 Å². The zero-order valence-corrected chi connectivity index (χ0v) is 7.64. The predicted octanol–water partition coefficient (Wildman–Crippen LogP) is 0.358. The first kappa shape index (κ1) is 10.7. The van der Waals surface area contributed by atoms with Crippen molar-refractivity contribution >= 4 is 54.4 Å². The van der Waals surface area contributed by atoms with Crippen molar-refractivity contribution in [3.05, 3.63) is 0 Å². The molecular formula is H2Al2OS3. The van der Waals surface area contributed by atoms with Crippen molar-refractivity contribution < 1.29 is 5.48 Å². The Morgan fingerprint density at radius 2 is 1.50 bits per heavy atom. The molecule has 0 rings (SSSR count). The zero-order chi connectivity index (χ0) is 4.12. The van der Waals surface area contributed by atoms with Crippen LogP contribution in [0.2, 0.25) is 0 Å². The third kappa shape index (κ3) is 9.26. The number of rotatable bonds is 2. The summed E-state index contributed by atoms with van der Waals surface area (Å²) < 4.78 is 0. The van der Waals surface area contributed by atoms with E-state index in [1.165, 1.54) is 0 Å². The van der Waals surface area contributed by atoms with Gasteiger partial charge >= 0.3 is 54.4 Å². The fraction of sp³-hybridized carbons (Fsp3) is 0. The van der Waals surface area contributed by atoms with Gasteiger partial charge < -0.3 is 5.48 Å². The minimum absolute atomic E-state index is 0. The standard InChI is InChI=1S/2Al.H2O.3S/h;;1H2;;;. The van der Waals surface area contributed by atoms with E-state index in [4.69, 9.17) is 0 Å². The molecule has 1 nitrogen and oxygen atoms in total. The molecule has 0 bridgehead atoms. The second-order valence-corrected chi connectivity index (χ2v) is 8.87. The van der Waals surface area contributed by atoms with E-state index in [1.807, 2.05) is 0 Å². The molecule has 0 aromatic rings. The van der Waals surface area contributed by atoms with E-state index in [9.17, 15) is 0 Å². The number of hydrogen-bond donors (Lipinski definition) is 0. The summed E-state index contributed by atoms with van der Waals surface area (Å²) in [5, 5.41) is 0. The van der Waals surface area contributed by atoms with Crippen molar-refractivity contribution in [2.75, 3.05) is 0 Å². The predicted molar refractivity (Wildman–Crippen MR) is 37.9 cm³/mol. The van der Waals surface area contributed by atoms with Gasteiger partial charge in [0.1, 0.15) is 0 Å². The summed E-state index contributed by atoms with van der Waals surface area (Å²) in [5.74, 6) is 0. The zero-order valence-electron chi connectivity index (χ0n) is 2.88. The Morgan fingerprint density at radius 3 is 1.50 bits per heavy atom. The second kappa shape index (κ2) is 9.94. The molecule has 0 amide bonds. The van der Waals surface area contributed by atoms with Gasteiger partial charge in [0, 0.05) is 0 Å². The molecule has 0 heterocycles. The van der Waals surface area contributed by atoms with Crippen molar-refractivity contribution in [3.63, 3.8) is 0 Å². The third-order valence-corrected chi connectivity index (χ3v) is 9.00. The molecule has 0 saturated heterocycles. The van der Waals surface area contributed by atoms with Crippen LogP contribution in [0.5, 0.6) is 0 Å². The molecule has 6 heavy (non-hydrogen) atoms. The molecule has 0 unspecified atom stereocenters. The fourth-order valence-corrected chi connectivity index (χ4v) is 5.51. The van der Waals surface area contributed by atoms with Gasteiger partial charge in [-0.3, -0.25) is 0 Å². The molecule has 0 saturated carbocycles. The normalized spacial score (nSPS) is 4.00. The van der Waals surface area contributed by atoms with Crippen LogP contribution in [0.15, 0.2) is 0 Å². The van der Waals surface area contributed by atoms with Crippen LogP contribution in [-0.2, 0) is 0 Å². The monoisotopic (exact) mass is 168 g/mol. The Kier molecular flexibility index (Phi) is 17.8. The van der Waals surface area contributed by atoms with Gasteiger partial charge in [-0.1, -0.05) is 0 Å². The van der Waals surface area contributed by atoms with E-state index in [2.05, 4.69) is 21.0 Å². The van der Waals surface area contributed by atoms with E-state index in [0.717, 1.165) is 0 Å². The Labute approximate surface area is 59.3 Å². The molecule has 0 aliphatic carbocycles. The Morgan fingerprint density at radius 1 is 1.17 bits per heavy atom. The Hall–Kier alpha value is 1.81. The topological polar surface area (TPSA) is 31.5 Å². The maximum absolute atomic E-state index is 4.65. The first-order chi connectivity index (χ1) is 2.41. The molecule has 2 N–H and O–H groups in total. The molecule has 0 aliphatic heterocycles. The first-order valence-electron chi connectivity index (χ1n) is 0.943. The van der Waals surface area contributed by atoms with Crippen LogP contribution in [0.4, 0.5) is 0 Å². The Bertz CT molecular complexity index is 38.1. The second-order valence-electron chi connectivity index (χ2n) is 0.329. The van der Waals surface area contributed by atoms with Crippen LogP contribution in [0.1, 0.15) is 0 Å². The summed E-state index contributed by atoms with van der Waals surface area (Å²) in [6.45, 7) is 0. The van der Waals surface area contributed by atoms with Gasteiger partial charge in [0.15, 0.2) is 0 Å². The molecule has 32 valence electrons. The quantitative estimate of drug-likeness (QED) is 0.558. The van der Waals surface area contributed by atoms with Crippen LogP contribution in [0.3, 0.4) is 0 Å². The summed E-state index contributed by atoms with van der Waals surface area (Å²) in [6.07, 6.45) is 0. The minimum atomic E-state index is 0. The van der Waals surface area contributed by atoms with Crippen LogP contribution in [0, 0.1) is 0 Å². The van der Waals surface area contributed by atoms with Crippen LogP contribution < -0.4 is 0 Å². The van der Waals surface area contributed by atoms with Gasteiger partial charge in [-0.15, -0.1) is 0 Å². The van der Waals surface area contributed by atoms with Gasteiger partial charge in [0.2, 0.25) is 0 Å². The molecule has 0 atom stereocenters. The first-order valence-corrected chi connectivity index (χ1v) is 8.49. The van der Waals surface area contributed by atoms with Crippen molar-refractivity contribution in [1.82, 2.24) is 0 Å². The molecule has 0 fully saturated rings. The van der Waals surface area contributed by atoms with E-state index >= 15 is 0 Å². The van der Waals surface area contributed by atoms with Crippen LogP contribution >= 0.6 is 29.5 Å². The summed E-state index contributed by atoms with van der Waals surface area (Å²) in [6, 6.07) is 0. The van der Waals surface area contributed by atoms with Crippen molar-refractivity contribution in [2.24, 2.45) is 0 Å². The maximum atomic E-state index is 4.65. The van der Waals surface area contributed by atoms with Gasteiger partial charge in [-0.25, -0.2) is 0 Å². The molecule has 0 spiro atoms. The number of hydrogen-bond acceptors (Lipinski definition) is 3. The average molecular weight is 168 g/mol. The fourth-order valence-electron chi connectivity index (χ4n) is 0.0227. The Balaban J connectivity index is 0. The molecular weight excluding hydrogens is 166 g/mol. The molecule has 0 aromatic heterocycles. The molecule has 0 aliphatic rings. The van der Waals surface area contributed by atoms with Crippen LogP contribution in [0.25, 0.3) is 0 Å². The summed E-state index contributed by atoms with van der Waals surface area (Å²) >= 11 is 0.437. The van der Waals surface area contributed by atoms with Gasteiger partial charge in [0.25, 0.3) is 0 Å². The van der Waals surface area contributed by atoms with Crippen molar-refractivity contribution in [1.29, 1.82) is 0 Å². The van der Waals surface area contributed by atoms with E-state index in [0.29, 0.717) is 0 Å². The van der Waals surface area contributed by atoms with E-state index < -0.39 is 0 Å². The van der Waals surface area contributed by atoms with Gasteiger partial charge in [0.05, 0.1) is 0 Å². The SMILES string of the molecule is O.[S]=[Al][S][Al]=[S]. The van der Waals surface area contributed by atoms with Crippen LogP contribution in [-0.4, -0.2) is 30.4 Å². The van der Waals surface area contributed by atoms with Crippen molar-refractivity contribution in [2.45, 2.75) is 0 Å². The summed E-state index contributed by atoms with van der Waals surface area (Å²) in [4.78, 5) is 0. The van der Waals surface area contributed by atoms with Gasteiger partial charge in [-0.05, 0) is 0 Å². The summed E-state index contributed by atoms with van der Waals surface area (Å²) in [7, 11) is 11.1. The molecule has 0 radical (unpaired) electrons. The van der Waals surface area contributed by atoms with Crippen molar-refractivity contribution in [3.8, 4) is 0 Å². The third-order valence-electron chi connectivity index (χ3n) is 0.111. The average Bonchev–Trinajstić information content (AvgIpc) is 1.41. The van der Waals surface area contributed by atoms with Gasteiger partial charge in [-0.2, -0.15) is 0 Å². The molecule has 6 heteroatoms.